The first kappa shape index (κ1) is 15.5. The van der Waals surface area contributed by atoms with Gasteiger partial charge in [-0.2, -0.15) is 0 Å². The van der Waals surface area contributed by atoms with Crippen molar-refractivity contribution in [3.05, 3.63) is 29.7 Å². The zero-order valence-electron chi connectivity index (χ0n) is 12.6. The van der Waals surface area contributed by atoms with Crippen molar-refractivity contribution in [2.75, 3.05) is 6.54 Å². The second kappa shape index (κ2) is 7.22. The standard InChI is InChI=1S/C16H22N2O3/c1-3-5-6-15-18-13-9-11(7-8-14(13)21-15)16(20)17-10-12(19)4-2/h7-9,12,19H,3-6,10H2,1-2H3,(H,17,20)/t12-/m1/s1. The van der Waals surface area contributed by atoms with E-state index in [0.717, 1.165) is 19.3 Å². The van der Waals surface area contributed by atoms with E-state index >= 15 is 0 Å². The van der Waals surface area contributed by atoms with Crippen LogP contribution >= 0.6 is 0 Å². The van der Waals surface area contributed by atoms with Crippen molar-refractivity contribution < 1.29 is 14.3 Å². The van der Waals surface area contributed by atoms with Crippen molar-refractivity contribution in [1.29, 1.82) is 0 Å². The Morgan fingerprint density at radius 3 is 2.95 bits per heavy atom. The molecule has 1 heterocycles. The van der Waals surface area contributed by atoms with E-state index in [-0.39, 0.29) is 12.5 Å². The lowest BCUT2D eigenvalue weighted by Crippen LogP contribution is -2.31. The third kappa shape index (κ3) is 4.04. The van der Waals surface area contributed by atoms with Gasteiger partial charge in [0.05, 0.1) is 6.10 Å². The molecule has 0 unspecified atom stereocenters. The maximum absolute atomic E-state index is 12.0. The van der Waals surface area contributed by atoms with Crippen molar-refractivity contribution in [1.82, 2.24) is 10.3 Å². The fraction of sp³-hybridized carbons (Fsp3) is 0.500. The van der Waals surface area contributed by atoms with Crippen LogP contribution in [-0.4, -0.2) is 28.6 Å². The number of nitrogens with zero attached hydrogens (tertiary/aromatic N) is 1. The van der Waals surface area contributed by atoms with Crippen LogP contribution in [-0.2, 0) is 6.42 Å². The molecule has 1 aromatic heterocycles. The first-order chi connectivity index (χ1) is 10.1. The Hall–Kier alpha value is -1.88. The monoisotopic (exact) mass is 290 g/mol. The van der Waals surface area contributed by atoms with Crippen molar-refractivity contribution in [3.63, 3.8) is 0 Å². The average molecular weight is 290 g/mol. The van der Waals surface area contributed by atoms with Gasteiger partial charge in [0.15, 0.2) is 11.5 Å². The van der Waals surface area contributed by atoms with Crippen LogP contribution in [0.4, 0.5) is 0 Å². The van der Waals surface area contributed by atoms with E-state index in [1.54, 1.807) is 18.2 Å². The van der Waals surface area contributed by atoms with Gasteiger partial charge in [-0.05, 0) is 31.0 Å². The minimum absolute atomic E-state index is 0.206. The summed E-state index contributed by atoms with van der Waals surface area (Å²) in [7, 11) is 0. The molecular formula is C16H22N2O3. The lowest BCUT2D eigenvalue weighted by Gasteiger charge is -2.09. The van der Waals surface area contributed by atoms with Gasteiger partial charge in [0.25, 0.3) is 5.91 Å². The SMILES string of the molecule is CCCCc1nc2cc(C(=O)NC[C@H](O)CC)ccc2o1. The van der Waals surface area contributed by atoms with Crippen LogP contribution in [0, 0.1) is 0 Å². The quantitative estimate of drug-likeness (QED) is 0.822. The Morgan fingerprint density at radius 1 is 1.43 bits per heavy atom. The van der Waals surface area contributed by atoms with Gasteiger partial charge in [-0.25, -0.2) is 4.98 Å². The fourth-order valence-corrected chi connectivity index (χ4v) is 2.01. The lowest BCUT2D eigenvalue weighted by atomic mass is 10.2. The number of aliphatic hydroxyl groups is 1. The predicted octanol–water partition coefficient (Wildman–Crippen LogP) is 2.67. The topological polar surface area (TPSA) is 75.4 Å². The summed E-state index contributed by atoms with van der Waals surface area (Å²) in [5.74, 6) is 0.508. The summed E-state index contributed by atoms with van der Waals surface area (Å²) in [6.45, 7) is 4.25. The van der Waals surface area contributed by atoms with Crippen molar-refractivity contribution in [2.24, 2.45) is 0 Å². The van der Waals surface area contributed by atoms with Crippen LogP contribution in [0.25, 0.3) is 11.1 Å². The van der Waals surface area contributed by atoms with E-state index in [4.69, 9.17) is 4.42 Å². The molecular weight excluding hydrogens is 268 g/mol. The van der Waals surface area contributed by atoms with Gasteiger partial charge in [0.1, 0.15) is 5.52 Å². The molecule has 0 aliphatic carbocycles. The van der Waals surface area contributed by atoms with Gasteiger partial charge in [-0.3, -0.25) is 4.79 Å². The summed E-state index contributed by atoms with van der Waals surface area (Å²) in [5.41, 5.74) is 1.93. The largest absolute Gasteiger partial charge is 0.441 e. The number of unbranched alkanes of at least 4 members (excludes halogenated alkanes) is 1. The number of carbonyl (C=O) groups is 1. The molecule has 1 aromatic carbocycles. The van der Waals surface area contributed by atoms with Crippen LogP contribution in [0.1, 0.15) is 49.4 Å². The third-order valence-electron chi connectivity index (χ3n) is 3.41. The molecule has 5 heteroatoms. The molecule has 0 aliphatic heterocycles. The summed E-state index contributed by atoms with van der Waals surface area (Å²) < 4.78 is 5.64. The van der Waals surface area contributed by atoms with E-state index < -0.39 is 6.10 Å². The molecule has 5 nitrogen and oxygen atoms in total. The number of rotatable bonds is 7. The Morgan fingerprint density at radius 2 is 2.24 bits per heavy atom. The molecule has 21 heavy (non-hydrogen) atoms. The molecule has 0 fully saturated rings. The second-order valence-electron chi connectivity index (χ2n) is 5.17. The molecule has 2 N–H and O–H groups in total. The zero-order valence-corrected chi connectivity index (χ0v) is 12.6. The molecule has 0 saturated carbocycles. The summed E-state index contributed by atoms with van der Waals surface area (Å²) >= 11 is 0. The highest BCUT2D eigenvalue weighted by atomic mass is 16.3. The molecule has 2 aromatic rings. The molecule has 0 spiro atoms. The normalized spacial score (nSPS) is 12.5. The Balaban J connectivity index is 2.08. The number of hydrogen-bond donors (Lipinski definition) is 2. The van der Waals surface area contributed by atoms with Gasteiger partial charge in [0.2, 0.25) is 0 Å². The fourth-order valence-electron chi connectivity index (χ4n) is 2.01. The highest BCUT2D eigenvalue weighted by molar-refractivity contribution is 5.97. The van der Waals surface area contributed by atoms with E-state index in [1.165, 1.54) is 0 Å². The van der Waals surface area contributed by atoms with Gasteiger partial charge in [-0.15, -0.1) is 0 Å². The smallest absolute Gasteiger partial charge is 0.251 e. The molecule has 2 rings (SSSR count). The maximum Gasteiger partial charge on any atom is 0.251 e. The highest BCUT2D eigenvalue weighted by Crippen LogP contribution is 2.18. The van der Waals surface area contributed by atoms with Gasteiger partial charge < -0.3 is 14.8 Å². The second-order valence-corrected chi connectivity index (χ2v) is 5.17. The summed E-state index contributed by atoms with van der Waals surface area (Å²) in [4.78, 5) is 16.4. The molecule has 1 atom stereocenters. The van der Waals surface area contributed by atoms with Gasteiger partial charge >= 0.3 is 0 Å². The number of fused-ring (bicyclic) bond motifs is 1. The summed E-state index contributed by atoms with van der Waals surface area (Å²) in [5, 5.41) is 12.2. The summed E-state index contributed by atoms with van der Waals surface area (Å²) in [6.07, 6.45) is 3.05. The van der Waals surface area contributed by atoms with Crippen LogP contribution in [0.5, 0.6) is 0 Å². The first-order valence-corrected chi connectivity index (χ1v) is 7.49. The highest BCUT2D eigenvalue weighted by Gasteiger charge is 2.11. The molecule has 1 amide bonds. The number of amides is 1. The van der Waals surface area contributed by atoms with Gasteiger partial charge in [-0.1, -0.05) is 20.3 Å². The Kier molecular flexibility index (Phi) is 5.33. The summed E-state index contributed by atoms with van der Waals surface area (Å²) in [6, 6.07) is 5.20. The minimum atomic E-state index is -0.509. The van der Waals surface area contributed by atoms with Crippen LogP contribution in [0.3, 0.4) is 0 Å². The van der Waals surface area contributed by atoms with Crippen molar-refractivity contribution in [2.45, 2.75) is 45.6 Å². The van der Waals surface area contributed by atoms with Crippen LogP contribution in [0.15, 0.2) is 22.6 Å². The van der Waals surface area contributed by atoms with E-state index in [1.807, 2.05) is 6.92 Å². The minimum Gasteiger partial charge on any atom is -0.441 e. The third-order valence-corrected chi connectivity index (χ3v) is 3.41. The molecule has 0 aliphatic rings. The van der Waals surface area contributed by atoms with E-state index in [2.05, 4.69) is 17.2 Å². The molecule has 0 saturated heterocycles. The molecule has 0 bridgehead atoms. The number of nitrogens with one attached hydrogen (secondary N) is 1. The van der Waals surface area contributed by atoms with E-state index in [0.29, 0.717) is 29.0 Å². The number of carbonyl (C=O) groups excluding carboxylic acids is 1. The van der Waals surface area contributed by atoms with Crippen LogP contribution < -0.4 is 5.32 Å². The maximum atomic E-state index is 12.0. The molecule has 0 radical (unpaired) electrons. The number of oxazole rings is 1. The lowest BCUT2D eigenvalue weighted by molar-refractivity contribution is 0.0914. The number of hydrogen-bond acceptors (Lipinski definition) is 4. The van der Waals surface area contributed by atoms with Crippen LogP contribution in [0.2, 0.25) is 0 Å². The van der Waals surface area contributed by atoms with Gasteiger partial charge in [0, 0.05) is 18.5 Å². The Labute approximate surface area is 124 Å². The van der Waals surface area contributed by atoms with Crippen molar-refractivity contribution in [3.8, 4) is 0 Å². The number of aromatic nitrogens is 1. The number of aryl methyl sites for hydroxylation is 1. The molecule has 114 valence electrons. The number of aliphatic hydroxyl groups excluding tert-OH is 1. The van der Waals surface area contributed by atoms with E-state index in [9.17, 15) is 9.90 Å². The average Bonchev–Trinajstić information content (AvgIpc) is 2.91. The zero-order chi connectivity index (χ0) is 15.2. The first-order valence-electron chi connectivity index (χ1n) is 7.49. The predicted molar refractivity (Wildman–Crippen MR) is 81.3 cm³/mol. The number of benzene rings is 1. The Bertz CT molecular complexity index is 607. The van der Waals surface area contributed by atoms with Crippen molar-refractivity contribution >= 4 is 17.0 Å².